The average molecular weight is 285 g/mol. The predicted molar refractivity (Wildman–Crippen MR) is 91.2 cm³/mol. The molecule has 0 spiro atoms. The lowest BCUT2D eigenvalue weighted by Crippen LogP contribution is -2.05. The van der Waals surface area contributed by atoms with Gasteiger partial charge in [0.05, 0.1) is 6.10 Å². The monoisotopic (exact) mass is 284 g/mol. The number of rotatable bonds is 16. The van der Waals surface area contributed by atoms with Crippen LogP contribution in [-0.4, -0.2) is 11.2 Å². The highest BCUT2D eigenvalue weighted by Gasteiger charge is 2.03. The van der Waals surface area contributed by atoms with E-state index >= 15 is 0 Å². The maximum atomic E-state index is 9.82. The number of hydrogen-bond donors (Lipinski definition) is 1. The van der Waals surface area contributed by atoms with Gasteiger partial charge in [0, 0.05) is 0 Å². The zero-order valence-electron chi connectivity index (χ0n) is 14.3. The smallest absolute Gasteiger partial charge is 0.0540 e. The largest absolute Gasteiger partial charge is 0.393 e. The molecule has 0 aromatic heterocycles. The lowest BCUT2D eigenvalue weighted by Gasteiger charge is -2.09. The molecule has 0 saturated carbocycles. The van der Waals surface area contributed by atoms with E-state index in [9.17, 15) is 5.11 Å². The second-order valence-corrected chi connectivity index (χ2v) is 6.47. The summed E-state index contributed by atoms with van der Waals surface area (Å²) < 4.78 is 0. The summed E-state index contributed by atoms with van der Waals surface area (Å²) in [7, 11) is 0. The van der Waals surface area contributed by atoms with Crippen LogP contribution in [0.25, 0.3) is 0 Å². The first kappa shape index (κ1) is 20.0. The molecule has 0 aromatic rings. The summed E-state index contributed by atoms with van der Waals surface area (Å²) in [4.78, 5) is 0. The Morgan fingerprint density at radius 2 is 0.800 bits per heavy atom. The van der Waals surface area contributed by atoms with Gasteiger partial charge in [-0.1, -0.05) is 104 Å². The number of aliphatic hydroxyl groups excluding tert-OH is 1. The van der Waals surface area contributed by atoms with E-state index in [1.807, 2.05) is 0 Å². The van der Waals surface area contributed by atoms with Crippen molar-refractivity contribution in [3.8, 4) is 0 Å². The molecule has 0 fully saturated rings. The zero-order chi connectivity index (χ0) is 14.9. The fourth-order valence-electron chi connectivity index (χ4n) is 2.82. The van der Waals surface area contributed by atoms with E-state index in [2.05, 4.69) is 13.8 Å². The first-order valence-corrected chi connectivity index (χ1v) is 9.49. The van der Waals surface area contributed by atoms with Gasteiger partial charge in [-0.2, -0.15) is 0 Å². The van der Waals surface area contributed by atoms with Gasteiger partial charge in [-0.25, -0.2) is 0 Å². The summed E-state index contributed by atoms with van der Waals surface area (Å²) in [5.74, 6) is 0. The third kappa shape index (κ3) is 16.0. The Morgan fingerprint density at radius 1 is 0.500 bits per heavy atom. The predicted octanol–water partition coefficient (Wildman–Crippen LogP) is 6.63. The van der Waals surface area contributed by atoms with Crippen LogP contribution in [0.1, 0.15) is 117 Å². The van der Waals surface area contributed by atoms with Crippen LogP contribution in [0.4, 0.5) is 0 Å². The average Bonchev–Trinajstić information content (AvgIpc) is 2.45. The van der Waals surface area contributed by atoms with Crippen LogP contribution < -0.4 is 0 Å². The molecule has 0 aromatic carbocycles. The van der Waals surface area contributed by atoms with E-state index in [4.69, 9.17) is 0 Å². The molecular weight excluding hydrogens is 244 g/mol. The van der Waals surface area contributed by atoms with Gasteiger partial charge in [0.2, 0.25) is 0 Å². The maximum absolute atomic E-state index is 9.82. The molecule has 0 heterocycles. The van der Waals surface area contributed by atoms with Crippen molar-refractivity contribution in [1.82, 2.24) is 0 Å². The normalized spacial score (nSPS) is 12.8. The van der Waals surface area contributed by atoms with Gasteiger partial charge in [0.25, 0.3) is 0 Å². The van der Waals surface area contributed by atoms with Crippen molar-refractivity contribution in [2.75, 3.05) is 0 Å². The molecule has 0 radical (unpaired) electrons. The number of aliphatic hydroxyl groups is 1. The van der Waals surface area contributed by atoms with E-state index in [0.29, 0.717) is 0 Å². The summed E-state index contributed by atoms with van der Waals surface area (Å²) in [6.07, 6.45) is 21.0. The Balaban J connectivity index is 3.05. The molecule has 0 aliphatic heterocycles. The summed E-state index contributed by atoms with van der Waals surface area (Å²) in [5.41, 5.74) is 0. The zero-order valence-corrected chi connectivity index (χ0v) is 14.3. The van der Waals surface area contributed by atoms with Crippen LogP contribution in [0.15, 0.2) is 0 Å². The van der Waals surface area contributed by atoms with Crippen molar-refractivity contribution in [1.29, 1.82) is 0 Å². The van der Waals surface area contributed by atoms with E-state index in [-0.39, 0.29) is 6.10 Å². The second-order valence-electron chi connectivity index (χ2n) is 6.47. The minimum Gasteiger partial charge on any atom is -0.393 e. The second kappa shape index (κ2) is 17.0. The third-order valence-corrected chi connectivity index (χ3v) is 4.28. The van der Waals surface area contributed by atoms with Crippen molar-refractivity contribution in [3.63, 3.8) is 0 Å². The lowest BCUT2D eigenvalue weighted by molar-refractivity contribution is 0.147. The maximum Gasteiger partial charge on any atom is 0.0540 e. The van der Waals surface area contributed by atoms with Crippen LogP contribution in [0.5, 0.6) is 0 Å². The fraction of sp³-hybridized carbons (Fsp3) is 1.00. The molecule has 0 aliphatic carbocycles. The van der Waals surface area contributed by atoms with E-state index < -0.39 is 0 Å². The van der Waals surface area contributed by atoms with E-state index in [1.165, 1.54) is 89.9 Å². The standard InChI is InChI=1S/C19H40O/c1-3-5-7-8-9-10-11-12-13-14-16-18-19(20)17-15-6-4-2/h19-20H,3-18H2,1-2H3. The molecular formula is C19H40O. The van der Waals surface area contributed by atoms with Crippen molar-refractivity contribution in [2.45, 2.75) is 123 Å². The van der Waals surface area contributed by atoms with Crippen LogP contribution in [0.2, 0.25) is 0 Å². The Hall–Kier alpha value is -0.0400. The number of hydrogen-bond acceptors (Lipinski definition) is 1. The topological polar surface area (TPSA) is 20.2 Å². The van der Waals surface area contributed by atoms with Gasteiger partial charge < -0.3 is 5.11 Å². The summed E-state index contributed by atoms with van der Waals surface area (Å²) in [6.45, 7) is 4.50. The molecule has 1 N–H and O–H groups in total. The summed E-state index contributed by atoms with van der Waals surface area (Å²) in [5, 5.41) is 9.82. The molecule has 0 aliphatic rings. The van der Waals surface area contributed by atoms with Crippen LogP contribution >= 0.6 is 0 Å². The van der Waals surface area contributed by atoms with Crippen LogP contribution in [0.3, 0.4) is 0 Å². The molecule has 0 amide bonds. The minimum atomic E-state index is -0.0277. The molecule has 0 bridgehead atoms. The highest BCUT2D eigenvalue weighted by atomic mass is 16.3. The summed E-state index contributed by atoms with van der Waals surface area (Å²) >= 11 is 0. The molecule has 1 unspecified atom stereocenters. The third-order valence-electron chi connectivity index (χ3n) is 4.28. The summed E-state index contributed by atoms with van der Waals surface area (Å²) in [6, 6.07) is 0. The molecule has 122 valence electrons. The van der Waals surface area contributed by atoms with E-state index in [0.717, 1.165) is 12.8 Å². The van der Waals surface area contributed by atoms with Gasteiger partial charge in [0.1, 0.15) is 0 Å². The van der Waals surface area contributed by atoms with Crippen molar-refractivity contribution in [2.24, 2.45) is 0 Å². The first-order chi connectivity index (χ1) is 9.81. The van der Waals surface area contributed by atoms with Crippen molar-refractivity contribution >= 4 is 0 Å². The highest BCUT2D eigenvalue weighted by molar-refractivity contribution is 4.57. The SMILES string of the molecule is CCCCCCCCCCCCCC(O)CCCCC. The van der Waals surface area contributed by atoms with Gasteiger partial charge in [-0.05, 0) is 12.8 Å². The van der Waals surface area contributed by atoms with Gasteiger partial charge >= 0.3 is 0 Å². The molecule has 1 nitrogen and oxygen atoms in total. The quantitative estimate of drug-likeness (QED) is 0.315. The molecule has 0 saturated heterocycles. The van der Waals surface area contributed by atoms with Gasteiger partial charge in [-0.3, -0.25) is 0 Å². The number of unbranched alkanes of at least 4 members (excludes halogenated alkanes) is 12. The fourth-order valence-corrected chi connectivity index (χ4v) is 2.82. The first-order valence-electron chi connectivity index (χ1n) is 9.49. The van der Waals surface area contributed by atoms with Crippen molar-refractivity contribution < 1.29 is 5.11 Å². The molecule has 1 atom stereocenters. The van der Waals surface area contributed by atoms with Crippen LogP contribution in [-0.2, 0) is 0 Å². The van der Waals surface area contributed by atoms with E-state index in [1.54, 1.807) is 0 Å². The Bertz CT molecular complexity index is 167. The van der Waals surface area contributed by atoms with Gasteiger partial charge in [-0.15, -0.1) is 0 Å². The molecule has 1 heteroatoms. The molecule has 20 heavy (non-hydrogen) atoms. The Labute approximate surface area is 128 Å². The van der Waals surface area contributed by atoms with Gasteiger partial charge in [0.15, 0.2) is 0 Å². The minimum absolute atomic E-state index is 0.0277. The van der Waals surface area contributed by atoms with Crippen molar-refractivity contribution in [3.05, 3.63) is 0 Å². The lowest BCUT2D eigenvalue weighted by atomic mass is 10.0. The highest BCUT2D eigenvalue weighted by Crippen LogP contribution is 2.14. The Morgan fingerprint density at radius 3 is 1.25 bits per heavy atom. The molecule has 0 rings (SSSR count). The van der Waals surface area contributed by atoms with Crippen LogP contribution in [0, 0.1) is 0 Å². The Kier molecular flexibility index (Phi) is 17.0.